The van der Waals surface area contributed by atoms with Crippen LogP contribution in [0.4, 0.5) is 0 Å². The first-order valence-corrected chi connectivity index (χ1v) is 4.12. The van der Waals surface area contributed by atoms with Crippen molar-refractivity contribution in [2.75, 3.05) is 13.1 Å². The fourth-order valence-corrected chi connectivity index (χ4v) is 1.62. The van der Waals surface area contributed by atoms with Gasteiger partial charge in [0.05, 0.1) is 0 Å². The van der Waals surface area contributed by atoms with Crippen molar-refractivity contribution in [2.45, 2.75) is 27.2 Å². The third-order valence-corrected chi connectivity index (χ3v) is 2.33. The van der Waals surface area contributed by atoms with Crippen molar-refractivity contribution in [1.29, 1.82) is 0 Å². The first-order valence-electron chi connectivity index (χ1n) is 4.12. The summed E-state index contributed by atoms with van der Waals surface area (Å²) >= 11 is 0. The number of hydrogen-bond donors (Lipinski definition) is 1. The zero-order valence-corrected chi connectivity index (χ0v) is 7.20. The summed E-state index contributed by atoms with van der Waals surface area (Å²) in [4.78, 5) is 0. The fourth-order valence-electron chi connectivity index (χ4n) is 1.62. The first kappa shape index (κ1) is 7.80. The summed E-state index contributed by atoms with van der Waals surface area (Å²) in [5.74, 6) is 0.824. The molecule has 0 saturated carbocycles. The molecule has 1 aliphatic heterocycles. The highest BCUT2D eigenvalue weighted by Crippen LogP contribution is 2.21. The van der Waals surface area contributed by atoms with Crippen LogP contribution >= 0.6 is 0 Å². The van der Waals surface area contributed by atoms with E-state index in [1.165, 1.54) is 18.5 Å². The van der Waals surface area contributed by atoms with E-state index >= 15 is 0 Å². The summed E-state index contributed by atoms with van der Waals surface area (Å²) in [6, 6.07) is 0. The lowest BCUT2D eigenvalue weighted by Gasteiger charge is -2.08. The minimum Gasteiger partial charge on any atom is -0.312 e. The van der Waals surface area contributed by atoms with Gasteiger partial charge in [0, 0.05) is 13.1 Å². The standard InChI is InChI=1S/C9H17N/c1-4-8-5-10-6-9(8)7(2)3/h8,10H,4-6H2,1-3H3. The molecule has 0 spiro atoms. The molecule has 0 aliphatic carbocycles. The van der Waals surface area contributed by atoms with E-state index in [2.05, 4.69) is 26.1 Å². The maximum absolute atomic E-state index is 3.40. The van der Waals surface area contributed by atoms with Gasteiger partial charge in [-0.3, -0.25) is 0 Å². The summed E-state index contributed by atoms with van der Waals surface area (Å²) in [7, 11) is 0. The molecule has 0 aromatic carbocycles. The lowest BCUT2D eigenvalue weighted by Crippen LogP contribution is -2.07. The van der Waals surface area contributed by atoms with Gasteiger partial charge in [-0.05, 0) is 26.2 Å². The molecule has 0 amide bonds. The van der Waals surface area contributed by atoms with E-state index in [0.717, 1.165) is 12.5 Å². The van der Waals surface area contributed by atoms with Gasteiger partial charge in [-0.1, -0.05) is 18.1 Å². The third-order valence-electron chi connectivity index (χ3n) is 2.33. The quantitative estimate of drug-likeness (QED) is 0.547. The van der Waals surface area contributed by atoms with Gasteiger partial charge in [0.15, 0.2) is 0 Å². The Morgan fingerprint density at radius 1 is 1.60 bits per heavy atom. The molecule has 1 unspecified atom stereocenters. The Bertz CT molecular complexity index is 143. The summed E-state index contributed by atoms with van der Waals surface area (Å²) in [6.45, 7) is 9.01. The van der Waals surface area contributed by atoms with E-state index in [9.17, 15) is 0 Å². The molecule has 1 saturated heterocycles. The van der Waals surface area contributed by atoms with Crippen LogP contribution in [-0.2, 0) is 0 Å². The van der Waals surface area contributed by atoms with Crippen LogP contribution in [0.5, 0.6) is 0 Å². The Morgan fingerprint density at radius 2 is 2.30 bits per heavy atom. The lowest BCUT2D eigenvalue weighted by molar-refractivity contribution is 0.627. The van der Waals surface area contributed by atoms with Gasteiger partial charge in [0.2, 0.25) is 0 Å². The predicted octanol–water partition coefficient (Wildman–Crippen LogP) is 1.95. The van der Waals surface area contributed by atoms with Gasteiger partial charge in [0.25, 0.3) is 0 Å². The van der Waals surface area contributed by atoms with Crippen molar-refractivity contribution >= 4 is 0 Å². The van der Waals surface area contributed by atoms with Gasteiger partial charge < -0.3 is 5.32 Å². The number of hydrogen-bond acceptors (Lipinski definition) is 1. The molecule has 1 heteroatoms. The fraction of sp³-hybridized carbons (Fsp3) is 0.778. The molecule has 1 fully saturated rings. The van der Waals surface area contributed by atoms with Gasteiger partial charge in [-0.25, -0.2) is 0 Å². The molecule has 1 rings (SSSR count). The number of rotatable bonds is 1. The zero-order valence-electron chi connectivity index (χ0n) is 7.20. The Labute approximate surface area is 63.5 Å². The molecule has 10 heavy (non-hydrogen) atoms. The van der Waals surface area contributed by atoms with Crippen molar-refractivity contribution in [3.63, 3.8) is 0 Å². The van der Waals surface area contributed by atoms with E-state index in [-0.39, 0.29) is 0 Å². The first-order chi connectivity index (χ1) is 4.75. The molecular weight excluding hydrogens is 122 g/mol. The monoisotopic (exact) mass is 139 g/mol. The van der Waals surface area contributed by atoms with E-state index in [4.69, 9.17) is 0 Å². The molecule has 1 nitrogen and oxygen atoms in total. The van der Waals surface area contributed by atoms with Crippen molar-refractivity contribution in [3.8, 4) is 0 Å². The average Bonchev–Trinajstić information content (AvgIpc) is 2.33. The van der Waals surface area contributed by atoms with Gasteiger partial charge in [0.1, 0.15) is 0 Å². The zero-order chi connectivity index (χ0) is 7.56. The van der Waals surface area contributed by atoms with Crippen LogP contribution in [0.3, 0.4) is 0 Å². The van der Waals surface area contributed by atoms with Crippen molar-refractivity contribution in [2.24, 2.45) is 5.92 Å². The van der Waals surface area contributed by atoms with E-state index in [1.54, 1.807) is 5.57 Å². The van der Waals surface area contributed by atoms with Crippen molar-refractivity contribution in [1.82, 2.24) is 5.32 Å². The van der Waals surface area contributed by atoms with Gasteiger partial charge >= 0.3 is 0 Å². The minimum absolute atomic E-state index is 0.824. The Hall–Kier alpha value is -0.300. The minimum atomic E-state index is 0.824. The Kier molecular flexibility index (Phi) is 2.50. The summed E-state index contributed by atoms with van der Waals surface area (Å²) in [5, 5.41) is 3.40. The van der Waals surface area contributed by atoms with Crippen LogP contribution < -0.4 is 5.32 Å². The normalized spacial score (nSPS) is 25.5. The third kappa shape index (κ3) is 1.40. The molecule has 1 heterocycles. The van der Waals surface area contributed by atoms with E-state index in [1.807, 2.05) is 0 Å². The highest BCUT2D eigenvalue weighted by Gasteiger charge is 2.18. The van der Waals surface area contributed by atoms with Crippen LogP contribution in [0.1, 0.15) is 27.2 Å². The average molecular weight is 139 g/mol. The Morgan fingerprint density at radius 3 is 2.70 bits per heavy atom. The predicted molar refractivity (Wildman–Crippen MR) is 45.0 cm³/mol. The molecule has 0 aromatic rings. The second-order valence-corrected chi connectivity index (χ2v) is 3.26. The molecule has 0 aromatic heterocycles. The van der Waals surface area contributed by atoms with Crippen molar-refractivity contribution < 1.29 is 0 Å². The van der Waals surface area contributed by atoms with E-state index in [0.29, 0.717) is 0 Å². The maximum Gasteiger partial charge on any atom is 0.0170 e. The summed E-state index contributed by atoms with van der Waals surface area (Å²) < 4.78 is 0. The molecular formula is C9H17N. The SMILES string of the molecule is CCC1CNCC1=C(C)C. The molecule has 1 atom stereocenters. The molecule has 1 aliphatic rings. The summed E-state index contributed by atoms with van der Waals surface area (Å²) in [6.07, 6.45) is 1.29. The van der Waals surface area contributed by atoms with Crippen LogP contribution in [0.15, 0.2) is 11.1 Å². The van der Waals surface area contributed by atoms with Crippen molar-refractivity contribution in [3.05, 3.63) is 11.1 Å². The number of nitrogens with one attached hydrogen (secondary N) is 1. The largest absolute Gasteiger partial charge is 0.312 e. The topological polar surface area (TPSA) is 12.0 Å². The molecule has 58 valence electrons. The second-order valence-electron chi connectivity index (χ2n) is 3.26. The van der Waals surface area contributed by atoms with Crippen LogP contribution in [-0.4, -0.2) is 13.1 Å². The van der Waals surface area contributed by atoms with E-state index < -0.39 is 0 Å². The van der Waals surface area contributed by atoms with Gasteiger partial charge in [-0.15, -0.1) is 0 Å². The Balaban J connectivity index is 2.68. The van der Waals surface area contributed by atoms with Crippen LogP contribution in [0.2, 0.25) is 0 Å². The highest BCUT2D eigenvalue weighted by atomic mass is 14.9. The molecule has 1 N–H and O–H groups in total. The maximum atomic E-state index is 3.40. The summed E-state index contributed by atoms with van der Waals surface area (Å²) in [5.41, 5.74) is 3.15. The number of allylic oxidation sites excluding steroid dienone is 1. The molecule has 0 radical (unpaired) electrons. The van der Waals surface area contributed by atoms with Crippen LogP contribution in [0.25, 0.3) is 0 Å². The van der Waals surface area contributed by atoms with Gasteiger partial charge in [-0.2, -0.15) is 0 Å². The lowest BCUT2D eigenvalue weighted by atomic mass is 9.97. The highest BCUT2D eigenvalue weighted by molar-refractivity contribution is 5.19. The molecule has 0 bridgehead atoms. The smallest absolute Gasteiger partial charge is 0.0170 e. The second kappa shape index (κ2) is 3.20. The van der Waals surface area contributed by atoms with Crippen LogP contribution in [0, 0.1) is 5.92 Å².